The van der Waals surface area contributed by atoms with Crippen molar-refractivity contribution in [2.45, 2.75) is 40.0 Å². The summed E-state index contributed by atoms with van der Waals surface area (Å²) in [6, 6.07) is 0. The molecule has 0 unspecified atom stereocenters. The number of carboxylic acid groups (broad SMARTS) is 1. The third-order valence-corrected chi connectivity index (χ3v) is 4.03. The maximum atomic E-state index is 11.9. The first-order chi connectivity index (χ1) is 9.26. The Balaban J connectivity index is 2.62. The number of carbonyl (C=O) groups is 2. The fourth-order valence-corrected chi connectivity index (χ4v) is 2.67. The molecule has 1 rings (SSSR count). The Bertz CT molecular complexity index is 497. The summed E-state index contributed by atoms with van der Waals surface area (Å²) in [6.07, 6.45) is 1.89. The molecule has 0 aliphatic carbocycles. The van der Waals surface area contributed by atoms with E-state index in [4.69, 9.17) is 10.8 Å². The Labute approximate surface area is 122 Å². The zero-order valence-electron chi connectivity index (χ0n) is 12.0. The molecule has 112 valence electrons. The third-order valence-electron chi connectivity index (χ3n) is 3.18. The Kier molecular flexibility index (Phi) is 5.64. The van der Waals surface area contributed by atoms with Crippen molar-refractivity contribution in [3.05, 3.63) is 11.3 Å². The molecule has 0 aliphatic rings. The van der Waals surface area contributed by atoms with Crippen molar-refractivity contribution >= 4 is 28.4 Å². The Morgan fingerprint density at radius 2 is 2.05 bits per heavy atom. The van der Waals surface area contributed by atoms with Crippen LogP contribution in [0.25, 0.3) is 0 Å². The largest absolute Gasteiger partial charge is 0.478 e. The summed E-state index contributed by atoms with van der Waals surface area (Å²) in [6.45, 7) is 6.32. The van der Waals surface area contributed by atoms with E-state index in [-0.39, 0.29) is 16.9 Å². The van der Waals surface area contributed by atoms with Crippen LogP contribution in [0.2, 0.25) is 0 Å². The molecule has 0 fully saturated rings. The number of anilines is 1. The first-order valence-electron chi connectivity index (χ1n) is 6.46. The maximum absolute atomic E-state index is 11.9. The fourth-order valence-electron chi connectivity index (χ4n) is 1.86. The second-order valence-corrected chi connectivity index (χ2v) is 6.30. The molecule has 1 heterocycles. The number of aromatic carboxylic acids is 1. The minimum atomic E-state index is -1.07. The summed E-state index contributed by atoms with van der Waals surface area (Å²) in [5, 5.41) is 12.0. The predicted molar refractivity (Wildman–Crippen MR) is 79.1 cm³/mol. The van der Waals surface area contributed by atoms with Crippen LogP contribution >= 0.6 is 11.5 Å². The number of nitrogens with one attached hydrogen (secondary N) is 1. The van der Waals surface area contributed by atoms with Gasteiger partial charge in [-0.25, -0.2) is 4.79 Å². The van der Waals surface area contributed by atoms with Gasteiger partial charge in [-0.15, -0.1) is 0 Å². The van der Waals surface area contributed by atoms with E-state index in [0.717, 1.165) is 18.0 Å². The SMILES string of the molecule is Cc1nsc(NC(=O)CCC(C)(C)CCN)c1C(=O)O. The van der Waals surface area contributed by atoms with Gasteiger partial charge in [0.2, 0.25) is 5.91 Å². The van der Waals surface area contributed by atoms with Gasteiger partial charge in [0.25, 0.3) is 0 Å². The van der Waals surface area contributed by atoms with Crippen molar-refractivity contribution in [1.82, 2.24) is 4.37 Å². The first-order valence-corrected chi connectivity index (χ1v) is 7.23. The molecular formula is C13H21N3O3S. The number of hydrogen-bond acceptors (Lipinski definition) is 5. The average Bonchev–Trinajstić information content (AvgIpc) is 2.68. The van der Waals surface area contributed by atoms with Gasteiger partial charge in [-0.05, 0) is 43.3 Å². The number of rotatable bonds is 7. The minimum absolute atomic E-state index is 0.00529. The predicted octanol–water partition coefficient (Wildman–Crippen LogP) is 2.24. The summed E-state index contributed by atoms with van der Waals surface area (Å²) in [4.78, 5) is 23.0. The summed E-state index contributed by atoms with van der Waals surface area (Å²) >= 11 is 0.994. The molecule has 6 nitrogen and oxygen atoms in total. The van der Waals surface area contributed by atoms with Crippen LogP contribution in [0.3, 0.4) is 0 Å². The highest BCUT2D eigenvalue weighted by Gasteiger charge is 2.21. The minimum Gasteiger partial charge on any atom is -0.478 e. The average molecular weight is 299 g/mol. The van der Waals surface area contributed by atoms with E-state index >= 15 is 0 Å². The van der Waals surface area contributed by atoms with Crippen LogP contribution in [0.1, 0.15) is 49.2 Å². The van der Waals surface area contributed by atoms with Crippen LogP contribution in [0.5, 0.6) is 0 Å². The lowest BCUT2D eigenvalue weighted by Gasteiger charge is -2.23. The second kappa shape index (κ2) is 6.81. The molecular weight excluding hydrogens is 278 g/mol. The summed E-state index contributed by atoms with van der Waals surface area (Å²) in [5.74, 6) is -1.27. The van der Waals surface area contributed by atoms with Gasteiger partial charge in [0.15, 0.2) is 0 Å². The molecule has 0 bridgehead atoms. The number of aryl methyl sites for hydroxylation is 1. The van der Waals surface area contributed by atoms with Crippen molar-refractivity contribution in [3.8, 4) is 0 Å². The Morgan fingerprint density at radius 3 is 2.60 bits per heavy atom. The van der Waals surface area contributed by atoms with Crippen LogP contribution in [0.15, 0.2) is 0 Å². The van der Waals surface area contributed by atoms with Gasteiger partial charge in [-0.1, -0.05) is 13.8 Å². The Morgan fingerprint density at radius 1 is 1.40 bits per heavy atom. The lowest BCUT2D eigenvalue weighted by atomic mass is 9.84. The van der Waals surface area contributed by atoms with Crippen LogP contribution in [-0.2, 0) is 4.79 Å². The van der Waals surface area contributed by atoms with Crippen molar-refractivity contribution in [2.24, 2.45) is 11.1 Å². The van der Waals surface area contributed by atoms with E-state index in [0.29, 0.717) is 30.1 Å². The summed E-state index contributed by atoms with van der Waals surface area (Å²) in [5.41, 5.74) is 6.02. The topological polar surface area (TPSA) is 105 Å². The number of carbonyl (C=O) groups excluding carboxylic acids is 1. The maximum Gasteiger partial charge on any atom is 0.340 e. The summed E-state index contributed by atoms with van der Waals surface area (Å²) < 4.78 is 3.96. The molecule has 0 aliphatic heterocycles. The van der Waals surface area contributed by atoms with Crippen molar-refractivity contribution < 1.29 is 14.7 Å². The Hall–Kier alpha value is -1.47. The third kappa shape index (κ3) is 4.57. The zero-order valence-corrected chi connectivity index (χ0v) is 12.8. The molecule has 0 spiro atoms. The lowest BCUT2D eigenvalue weighted by molar-refractivity contribution is -0.116. The van der Waals surface area contributed by atoms with E-state index in [9.17, 15) is 9.59 Å². The number of nitrogens with two attached hydrogens (primary N) is 1. The van der Waals surface area contributed by atoms with Crippen LogP contribution in [-0.4, -0.2) is 27.9 Å². The van der Waals surface area contributed by atoms with Gasteiger partial charge in [-0.3, -0.25) is 4.79 Å². The molecule has 0 saturated carbocycles. The van der Waals surface area contributed by atoms with Crippen LogP contribution < -0.4 is 11.1 Å². The quantitative estimate of drug-likeness (QED) is 0.716. The number of hydrogen-bond donors (Lipinski definition) is 3. The van der Waals surface area contributed by atoms with Crippen molar-refractivity contribution in [3.63, 3.8) is 0 Å². The van der Waals surface area contributed by atoms with Gasteiger partial charge in [0.1, 0.15) is 10.6 Å². The molecule has 4 N–H and O–H groups in total. The van der Waals surface area contributed by atoms with Gasteiger partial charge >= 0.3 is 5.97 Å². The highest BCUT2D eigenvalue weighted by Crippen LogP contribution is 2.28. The summed E-state index contributed by atoms with van der Waals surface area (Å²) in [7, 11) is 0. The highest BCUT2D eigenvalue weighted by atomic mass is 32.1. The molecule has 0 saturated heterocycles. The monoisotopic (exact) mass is 299 g/mol. The lowest BCUT2D eigenvalue weighted by Crippen LogP contribution is -2.21. The molecule has 0 atom stereocenters. The van der Waals surface area contributed by atoms with E-state index in [1.165, 1.54) is 0 Å². The van der Waals surface area contributed by atoms with Crippen LogP contribution in [0.4, 0.5) is 5.00 Å². The second-order valence-electron chi connectivity index (χ2n) is 5.53. The van der Waals surface area contributed by atoms with Crippen molar-refractivity contribution in [2.75, 3.05) is 11.9 Å². The van der Waals surface area contributed by atoms with Gasteiger partial charge in [-0.2, -0.15) is 4.37 Å². The first kappa shape index (κ1) is 16.6. The molecule has 1 aromatic rings. The zero-order chi connectivity index (χ0) is 15.3. The van der Waals surface area contributed by atoms with Gasteiger partial charge in [0, 0.05) is 6.42 Å². The number of carboxylic acids is 1. The van der Waals surface area contributed by atoms with E-state index < -0.39 is 5.97 Å². The molecule has 0 aromatic carbocycles. The number of aromatic nitrogens is 1. The fraction of sp³-hybridized carbons (Fsp3) is 0.615. The van der Waals surface area contributed by atoms with Gasteiger partial charge < -0.3 is 16.2 Å². The molecule has 1 amide bonds. The van der Waals surface area contributed by atoms with Crippen molar-refractivity contribution in [1.29, 1.82) is 0 Å². The molecule has 7 heteroatoms. The molecule has 20 heavy (non-hydrogen) atoms. The normalized spacial score (nSPS) is 11.4. The van der Waals surface area contributed by atoms with Crippen LogP contribution in [0, 0.1) is 12.3 Å². The van der Waals surface area contributed by atoms with Gasteiger partial charge in [0.05, 0.1) is 5.69 Å². The van der Waals surface area contributed by atoms with E-state index in [1.807, 2.05) is 0 Å². The number of amides is 1. The van der Waals surface area contributed by atoms with E-state index in [1.54, 1.807) is 6.92 Å². The highest BCUT2D eigenvalue weighted by molar-refractivity contribution is 7.11. The smallest absolute Gasteiger partial charge is 0.340 e. The number of nitrogens with zero attached hydrogens (tertiary/aromatic N) is 1. The van der Waals surface area contributed by atoms with E-state index in [2.05, 4.69) is 23.5 Å². The standard InChI is InChI=1S/C13H21N3O3S/c1-8-10(12(18)19)11(20-16-8)15-9(17)4-5-13(2,3)6-7-14/h4-7,14H2,1-3H3,(H,15,17)(H,18,19). The molecule has 0 radical (unpaired) electrons. The molecule has 1 aromatic heterocycles.